The molecule has 1 saturated carbocycles. The molecule has 3 nitrogen and oxygen atoms in total. The number of carbonyl (C=O) groups is 1. The van der Waals surface area contributed by atoms with E-state index in [-0.39, 0.29) is 11.7 Å². The Hall–Kier alpha value is -0.670. The number of methoxy groups -OCH3 is 1. The van der Waals surface area contributed by atoms with Crippen LogP contribution in [0.3, 0.4) is 0 Å². The Balaban J connectivity index is 2.45. The van der Waals surface area contributed by atoms with Crippen molar-refractivity contribution in [1.82, 2.24) is 0 Å². The van der Waals surface area contributed by atoms with Crippen molar-refractivity contribution in [3.8, 4) is 0 Å². The van der Waals surface area contributed by atoms with E-state index in [1.165, 1.54) is 18.9 Å². The largest absolute Gasteiger partial charge is 0.387 e. The summed E-state index contributed by atoms with van der Waals surface area (Å²) in [5, 5.41) is 10.6. The van der Waals surface area contributed by atoms with Crippen LogP contribution in [-0.2, 0) is 9.53 Å². The third-order valence-electron chi connectivity index (χ3n) is 6.23. The molecular weight excluding hydrogens is 300 g/mol. The van der Waals surface area contributed by atoms with Gasteiger partial charge >= 0.3 is 0 Å². The fraction of sp³-hybridized carbons (Fsp3) is 0.857. The molecule has 0 heterocycles. The maximum Gasteiger partial charge on any atom is 0.158 e. The van der Waals surface area contributed by atoms with Gasteiger partial charge < -0.3 is 9.84 Å². The van der Waals surface area contributed by atoms with E-state index in [9.17, 15) is 9.90 Å². The van der Waals surface area contributed by atoms with Crippen molar-refractivity contribution >= 4 is 5.78 Å². The van der Waals surface area contributed by atoms with Crippen LogP contribution in [0.1, 0.15) is 72.1 Å². The van der Waals surface area contributed by atoms with Gasteiger partial charge in [-0.2, -0.15) is 0 Å². The Labute approximate surface area is 148 Å². The van der Waals surface area contributed by atoms with Crippen molar-refractivity contribution < 1.29 is 14.6 Å². The van der Waals surface area contributed by atoms with Crippen LogP contribution in [0.15, 0.2) is 12.7 Å². The first-order valence-corrected chi connectivity index (χ1v) is 9.76. The molecule has 1 rings (SSSR count). The summed E-state index contributed by atoms with van der Waals surface area (Å²) in [6, 6.07) is 0. The second-order valence-corrected chi connectivity index (χ2v) is 7.92. The summed E-state index contributed by atoms with van der Waals surface area (Å²) in [4.78, 5) is 11.8. The summed E-state index contributed by atoms with van der Waals surface area (Å²) in [5.41, 5.74) is -0.687. The molecule has 0 saturated heterocycles. The van der Waals surface area contributed by atoms with Crippen molar-refractivity contribution in [2.24, 2.45) is 23.7 Å². The maximum atomic E-state index is 11.8. The summed E-state index contributed by atoms with van der Waals surface area (Å²) in [5.74, 6) is 2.30. The maximum absolute atomic E-state index is 11.8. The van der Waals surface area contributed by atoms with Crippen LogP contribution in [0, 0.1) is 23.7 Å². The highest BCUT2D eigenvalue weighted by Crippen LogP contribution is 2.39. The number of aliphatic hydroxyl groups is 1. The summed E-state index contributed by atoms with van der Waals surface area (Å²) in [6.45, 7) is 10.6. The van der Waals surface area contributed by atoms with Crippen LogP contribution in [0.4, 0.5) is 0 Å². The Bertz CT molecular complexity index is 393. The monoisotopic (exact) mass is 338 g/mol. The minimum Gasteiger partial charge on any atom is -0.387 e. The number of allylic oxidation sites excluding steroid dienone is 1. The van der Waals surface area contributed by atoms with Crippen LogP contribution in [-0.4, -0.2) is 30.2 Å². The first-order chi connectivity index (χ1) is 11.4. The topological polar surface area (TPSA) is 46.5 Å². The van der Waals surface area contributed by atoms with Crippen molar-refractivity contribution in [2.75, 3.05) is 13.7 Å². The van der Waals surface area contributed by atoms with E-state index in [4.69, 9.17) is 4.74 Å². The van der Waals surface area contributed by atoms with Gasteiger partial charge in [0.05, 0.1) is 12.2 Å². The number of rotatable bonds is 12. The molecule has 1 aliphatic rings. The van der Waals surface area contributed by atoms with Crippen LogP contribution in [0.5, 0.6) is 0 Å². The molecule has 0 aromatic carbocycles. The molecule has 140 valence electrons. The number of ether oxygens (including phenoxy) is 1. The number of hydrogen-bond acceptors (Lipinski definition) is 3. The van der Waals surface area contributed by atoms with E-state index in [1.54, 1.807) is 7.11 Å². The SMILES string of the molecule is C=CC(=O)[C@H]1CC[C@@H]([C@@H](C)CC[C@@H](CC)CC(O)(CC)COC)C1. The molecule has 0 spiro atoms. The first-order valence-electron chi connectivity index (χ1n) is 9.76. The molecule has 0 aromatic rings. The minimum absolute atomic E-state index is 0.212. The smallest absolute Gasteiger partial charge is 0.158 e. The third kappa shape index (κ3) is 6.33. The summed E-state index contributed by atoms with van der Waals surface area (Å²) < 4.78 is 5.20. The summed E-state index contributed by atoms with van der Waals surface area (Å²) in [6.07, 6.45) is 9.72. The van der Waals surface area contributed by atoms with Crippen molar-refractivity contribution in [2.45, 2.75) is 77.7 Å². The predicted octanol–water partition coefficient (Wildman–Crippen LogP) is 4.78. The summed E-state index contributed by atoms with van der Waals surface area (Å²) in [7, 11) is 1.66. The highest BCUT2D eigenvalue weighted by molar-refractivity contribution is 5.91. The molecule has 1 unspecified atom stereocenters. The fourth-order valence-corrected chi connectivity index (χ4v) is 4.25. The van der Waals surface area contributed by atoms with Gasteiger partial charge in [0.15, 0.2) is 5.78 Å². The second kappa shape index (κ2) is 10.4. The molecule has 5 atom stereocenters. The van der Waals surface area contributed by atoms with E-state index < -0.39 is 5.60 Å². The molecule has 0 radical (unpaired) electrons. The lowest BCUT2D eigenvalue weighted by atomic mass is 9.80. The molecule has 0 aliphatic heterocycles. The van der Waals surface area contributed by atoms with Crippen LogP contribution >= 0.6 is 0 Å². The fourth-order valence-electron chi connectivity index (χ4n) is 4.25. The van der Waals surface area contributed by atoms with Gasteiger partial charge in [-0.3, -0.25) is 4.79 Å². The van der Waals surface area contributed by atoms with E-state index in [0.29, 0.717) is 24.4 Å². The first kappa shape index (κ1) is 21.4. The highest BCUT2D eigenvalue weighted by Gasteiger charge is 2.32. The Kier molecular flexibility index (Phi) is 9.22. The van der Waals surface area contributed by atoms with E-state index in [0.717, 1.165) is 38.5 Å². The van der Waals surface area contributed by atoms with Gasteiger partial charge in [0.25, 0.3) is 0 Å². The van der Waals surface area contributed by atoms with Crippen molar-refractivity contribution in [3.63, 3.8) is 0 Å². The summed E-state index contributed by atoms with van der Waals surface area (Å²) >= 11 is 0. The molecule has 0 aromatic heterocycles. The van der Waals surface area contributed by atoms with Crippen molar-refractivity contribution in [3.05, 3.63) is 12.7 Å². The van der Waals surface area contributed by atoms with Gasteiger partial charge in [-0.25, -0.2) is 0 Å². The lowest BCUT2D eigenvalue weighted by molar-refractivity contribution is -0.118. The Morgan fingerprint density at radius 1 is 1.38 bits per heavy atom. The van der Waals surface area contributed by atoms with Gasteiger partial charge in [-0.1, -0.05) is 46.6 Å². The van der Waals surface area contributed by atoms with E-state index >= 15 is 0 Å². The van der Waals surface area contributed by atoms with E-state index in [1.807, 2.05) is 6.92 Å². The number of carbonyl (C=O) groups excluding carboxylic acids is 1. The molecular formula is C21H38O3. The molecule has 0 bridgehead atoms. The van der Waals surface area contributed by atoms with Crippen LogP contribution in [0.2, 0.25) is 0 Å². The van der Waals surface area contributed by atoms with Gasteiger partial charge in [0.2, 0.25) is 0 Å². The molecule has 3 heteroatoms. The predicted molar refractivity (Wildman–Crippen MR) is 99.9 cm³/mol. The number of ketones is 1. The highest BCUT2D eigenvalue weighted by atomic mass is 16.5. The van der Waals surface area contributed by atoms with E-state index in [2.05, 4.69) is 20.4 Å². The molecule has 1 aliphatic carbocycles. The lowest BCUT2D eigenvalue weighted by Crippen LogP contribution is -2.35. The average Bonchev–Trinajstić information content (AvgIpc) is 3.08. The molecule has 0 amide bonds. The standard InChI is InChI=1S/C21H38O3/c1-6-17(14-21(23,8-3)15-24-5)10-9-16(4)18-11-12-19(13-18)20(22)7-2/h7,16-19,23H,2,6,8-15H2,1,3-5H3/t16-,17+,18+,19-,21?/m0/s1. The van der Waals surface area contributed by atoms with Gasteiger partial charge in [0.1, 0.15) is 0 Å². The second-order valence-electron chi connectivity index (χ2n) is 7.92. The zero-order valence-corrected chi connectivity index (χ0v) is 16.2. The van der Waals surface area contributed by atoms with Crippen LogP contribution < -0.4 is 0 Å². The zero-order valence-electron chi connectivity index (χ0n) is 16.2. The average molecular weight is 339 g/mol. The normalized spacial score (nSPS) is 25.9. The third-order valence-corrected chi connectivity index (χ3v) is 6.23. The van der Waals surface area contributed by atoms with Crippen molar-refractivity contribution in [1.29, 1.82) is 0 Å². The number of hydrogen-bond donors (Lipinski definition) is 1. The minimum atomic E-state index is -0.687. The van der Waals surface area contributed by atoms with Gasteiger partial charge in [0, 0.05) is 13.0 Å². The Morgan fingerprint density at radius 2 is 2.08 bits per heavy atom. The quantitative estimate of drug-likeness (QED) is 0.521. The van der Waals surface area contributed by atoms with Gasteiger partial charge in [-0.05, 0) is 55.9 Å². The van der Waals surface area contributed by atoms with Crippen LogP contribution in [0.25, 0.3) is 0 Å². The zero-order chi connectivity index (χ0) is 18.2. The Morgan fingerprint density at radius 3 is 2.62 bits per heavy atom. The molecule has 1 fully saturated rings. The van der Waals surface area contributed by atoms with Gasteiger partial charge in [-0.15, -0.1) is 0 Å². The lowest BCUT2D eigenvalue weighted by Gasteiger charge is -2.31. The molecule has 1 N–H and O–H groups in total. The molecule has 24 heavy (non-hydrogen) atoms.